The van der Waals surface area contributed by atoms with E-state index in [-0.39, 0.29) is 11.1 Å². The summed E-state index contributed by atoms with van der Waals surface area (Å²) in [6.45, 7) is 5.46. The van der Waals surface area contributed by atoms with Crippen molar-refractivity contribution in [1.29, 1.82) is 0 Å². The predicted octanol–water partition coefficient (Wildman–Crippen LogP) is 1.66. The maximum absolute atomic E-state index is 12.0. The van der Waals surface area contributed by atoms with E-state index in [4.69, 9.17) is 4.52 Å². The van der Waals surface area contributed by atoms with E-state index in [2.05, 4.69) is 14.9 Å². The standard InChI is InChI=1S/C11H15N3O3S2/c1-7(4-10-8(2)13-17-9(10)3)14-19(15,16)11-5-18-6-12-11/h5-7,14H,4H2,1-3H3/t7-/m1/s1. The molecule has 2 aromatic rings. The van der Waals surface area contributed by atoms with E-state index in [0.29, 0.717) is 6.42 Å². The maximum atomic E-state index is 12.0. The first-order chi connectivity index (χ1) is 8.90. The fourth-order valence-electron chi connectivity index (χ4n) is 1.80. The molecule has 1 N–H and O–H groups in total. The number of aryl methyl sites for hydroxylation is 2. The Bertz CT molecular complexity index is 627. The van der Waals surface area contributed by atoms with Crippen LogP contribution in [0.4, 0.5) is 0 Å². The van der Waals surface area contributed by atoms with Gasteiger partial charge in [-0.1, -0.05) is 5.16 Å². The number of aromatic nitrogens is 2. The summed E-state index contributed by atoms with van der Waals surface area (Å²) in [5, 5.41) is 5.42. The van der Waals surface area contributed by atoms with Crippen molar-refractivity contribution in [1.82, 2.24) is 14.9 Å². The van der Waals surface area contributed by atoms with Gasteiger partial charge in [-0.15, -0.1) is 11.3 Å². The number of hydrogen-bond acceptors (Lipinski definition) is 6. The molecule has 0 spiro atoms. The molecule has 2 heterocycles. The number of thiazole rings is 1. The molecule has 1 atom stereocenters. The molecule has 0 amide bonds. The third kappa shape index (κ3) is 3.20. The highest BCUT2D eigenvalue weighted by Gasteiger charge is 2.21. The van der Waals surface area contributed by atoms with Gasteiger partial charge in [-0.2, -0.15) is 0 Å². The molecule has 0 radical (unpaired) electrons. The normalized spacial score (nSPS) is 13.6. The summed E-state index contributed by atoms with van der Waals surface area (Å²) < 4.78 is 31.7. The lowest BCUT2D eigenvalue weighted by molar-refractivity contribution is 0.392. The van der Waals surface area contributed by atoms with E-state index in [9.17, 15) is 8.42 Å². The Labute approximate surface area is 115 Å². The second kappa shape index (κ2) is 5.40. The van der Waals surface area contributed by atoms with Crippen molar-refractivity contribution in [3.8, 4) is 0 Å². The van der Waals surface area contributed by atoms with Crippen LogP contribution in [0.25, 0.3) is 0 Å². The summed E-state index contributed by atoms with van der Waals surface area (Å²) in [5.74, 6) is 0.720. The van der Waals surface area contributed by atoms with E-state index in [1.54, 1.807) is 6.92 Å². The van der Waals surface area contributed by atoms with Crippen LogP contribution in [-0.2, 0) is 16.4 Å². The number of sulfonamides is 1. The van der Waals surface area contributed by atoms with E-state index < -0.39 is 10.0 Å². The van der Waals surface area contributed by atoms with Crippen molar-refractivity contribution < 1.29 is 12.9 Å². The van der Waals surface area contributed by atoms with Crippen molar-refractivity contribution in [2.45, 2.75) is 38.3 Å². The van der Waals surface area contributed by atoms with Gasteiger partial charge in [0.1, 0.15) is 5.76 Å². The molecule has 0 unspecified atom stereocenters. The van der Waals surface area contributed by atoms with Crippen LogP contribution in [0.2, 0.25) is 0 Å². The summed E-state index contributed by atoms with van der Waals surface area (Å²) in [4.78, 5) is 3.81. The van der Waals surface area contributed by atoms with Gasteiger partial charge in [0.25, 0.3) is 10.0 Å². The number of nitrogens with zero attached hydrogens (tertiary/aromatic N) is 2. The van der Waals surface area contributed by atoms with Gasteiger partial charge in [0, 0.05) is 17.0 Å². The zero-order valence-electron chi connectivity index (χ0n) is 10.9. The van der Waals surface area contributed by atoms with Gasteiger partial charge in [0.15, 0.2) is 5.03 Å². The third-order valence-corrected chi connectivity index (χ3v) is 4.96. The minimum Gasteiger partial charge on any atom is -0.361 e. The van der Waals surface area contributed by atoms with E-state index in [0.717, 1.165) is 17.0 Å². The lowest BCUT2D eigenvalue weighted by atomic mass is 10.1. The first kappa shape index (κ1) is 14.2. The van der Waals surface area contributed by atoms with Crippen molar-refractivity contribution in [2.75, 3.05) is 0 Å². The van der Waals surface area contributed by atoms with Gasteiger partial charge >= 0.3 is 0 Å². The number of nitrogens with one attached hydrogen (secondary N) is 1. The second-order valence-electron chi connectivity index (χ2n) is 4.36. The average molecular weight is 301 g/mol. The van der Waals surface area contributed by atoms with Crippen LogP contribution in [0.15, 0.2) is 20.4 Å². The summed E-state index contributed by atoms with van der Waals surface area (Å²) in [5.41, 5.74) is 3.22. The lowest BCUT2D eigenvalue weighted by Crippen LogP contribution is -2.34. The predicted molar refractivity (Wildman–Crippen MR) is 71.6 cm³/mol. The smallest absolute Gasteiger partial charge is 0.259 e. The van der Waals surface area contributed by atoms with Crippen molar-refractivity contribution in [3.63, 3.8) is 0 Å². The minimum absolute atomic E-state index is 0.0584. The van der Waals surface area contributed by atoms with Crippen molar-refractivity contribution in [3.05, 3.63) is 27.9 Å². The van der Waals surface area contributed by atoms with Crippen LogP contribution < -0.4 is 4.72 Å². The third-order valence-electron chi connectivity index (χ3n) is 2.73. The molecule has 2 aromatic heterocycles. The Kier molecular flexibility index (Phi) is 4.02. The van der Waals surface area contributed by atoms with Gasteiger partial charge in [-0.3, -0.25) is 0 Å². The summed E-state index contributed by atoms with van der Waals surface area (Å²) >= 11 is 1.25. The quantitative estimate of drug-likeness (QED) is 0.907. The van der Waals surface area contributed by atoms with E-state index >= 15 is 0 Å². The lowest BCUT2D eigenvalue weighted by Gasteiger charge is -2.12. The fraction of sp³-hybridized carbons (Fsp3) is 0.455. The zero-order valence-corrected chi connectivity index (χ0v) is 12.5. The molecular weight excluding hydrogens is 286 g/mol. The first-order valence-electron chi connectivity index (χ1n) is 5.72. The largest absolute Gasteiger partial charge is 0.361 e. The molecule has 104 valence electrons. The van der Waals surface area contributed by atoms with E-state index in [1.165, 1.54) is 22.2 Å². The second-order valence-corrected chi connectivity index (χ2v) is 6.74. The van der Waals surface area contributed by atoms with Gasteiger partial charge in [0.2, 0.25) is 0 Å². The van der Waals surface area contributed by atoms with Crippen LogP contribution in [0, 0.1) is 13.8 Å². The van der Waals surface area contributed by atoms with Gasteiger partial charge in [0.05, 0.1) is 11.2 Å². The Morgan fingerprint density at radius 2 is 2.21 bits per heavy atom. The molecule has 0 aliphatic heterocycles. The topological polar surface area (TPSA) is 85.1 Å². The molecule has 0 fully saturated rings. The van der Waals surface area contributed by atoms with Crippen LogP contribution in [0.1, 0.15) is 23.9 Å². The molecular formula is C11H15N3O3S2. The summed E-state index contributed by atoms with van der Waals surface area (Å²) in [6.07, 6.45) is 0.532. The maximum Gasteiger partial charge on any atom is 0.259 e. The number of hydrogen-bond donors (Lipinski definition) is 1. The first-order valence-corrected chi connectivity index (χ1v) is 8.15. The van der Waals surface area contributed by atoms with E-state index in [1.807, 2.05) is 13.8 Å². The van der Waals surface area contributed by atoms with Gasteiger partial charge in [-0.25, -0.2) is 18.1 Å². The van der Waals surface area contributed by atoms with Crippen LogP contribution >= 0.6 is 11.3 Å². The monoisotopic (exact) mass is 301 g/mol. The molecule has 0 saturated heterocycles. The molecule has 0 aliphatic rings. The SMILES string of the molecule is Cc1noc(C)c1C[C@@H](C)NS(=O)(=O)c1cscn1. The Morgan fingerprint density at radius 1 is 1.47 bits per heavy atom. The van der Waals surface area contributed by atoms with Crippen molar-refractivity contribution >= 4 is 21.4 Å². The van der Waals surface area contributed by atoms with Gasteiger partial charge < -0.3 is 4.52 Å². The van der Waals surface area contributed by atoms with Crippen molar-refractivity contribution in [2.24, 2.45) is 0 Å². The minimum atomic E-state index is -3.55. The molecule has 6 nitrogen and oxygen atoms in total. The Morgan fingerprint density at radius 3 is 2.74 bits per heavy atom. The molecule has 2 rings (SSSR count). The summed E-state index contributed by atoms with van der Waals surface area (Å²) in [6, 6.07) is -0.261. The van der Waals surface area contributed by atoms with Gasteiger partial charge in [-0.05, 0) is 27.2 Å². The molecule has 0 aromatic carbocycles. The highest BCUT2D eigenvalue weighted by atomic mass is 32.2. The highest BCUT2D eigenvalue weighted by molar-refractivity contribution is 7.89. The molecule has 0 aliphatic carbocycles. The molecule has 19 heavy (non-hydrogen) atoms. The fourth-order valence-corrected chi connectivity index (χ4v) is 3.88. The van der Waals surface area contributed by atoms with Crippen LogP contribution in [0.3, 0.4) is 0 Å². The zero-order chi connectivity index (χ0) is 14.0. The number of rotatable bonds is 5. The Balaban J connectivity index is 2.08. The molecule has 0 bridgehead atoms. The summed E-state index contributed by atoms with van der Waals surface area (Å²) in [7, 11) is -3.55. The Hall–Kier alpha value is -1.25. The molecule has 8 heteroatoms. The molecule has 0 saturated carbocycles. The van der Waals surface area contributed by atoms with Crippen LogP contribution in [0.5, 0.6) is 0 Å². The average Bonchev–Trinajstić information content (AvgIpc) is 2.94. The van der Waals surface area contributed by atoms with Crippen LogP contribution in [-0.4, -0.2) is 24.6 Å². The highest BCUT2D eigenvalue weighted by Crippen LogP contribution is 2.16.